The highest BCUT2D eigenvalue weighted by Crippen LogP contribution is 2.20. The van der Waals surface area contributed by atoms with Gasteiger partial charge < -0.3 is 5.32 Å². The van der Waals surface area contributed by atoms with Gasteiger partial charge >= 0.3 is 0 Å². The van der Waals surface area contributed by atoms with E-state index in [1.165, 1.54) is 36.0 Å². The molecule has 1 aromatic rings. The Balaban J connectivity index is 1.84. The third-order valence-electron chi connectivity index (χ3n) is 3.43. The second kappa shape index (κ2) is 6.53. The van der Waals surface area contributed by atoms with Crippen LogP contribution < -0.4 is 5.32 Å². The molecule has 1 aliphatic heterocycles. The molecule has 2 nitrogen and oxygen atoms in total. The molecule has 0 bridgehead atoms. The van der Waals surface area contributed by atoms with E-state index in [9.17, 15) is 0 Å². The Morgan fingerprint density at radius 2 is 2.00 bits per heavy atom. The molecule has 0 amide bonds. The highest BCUT2D eigenvalue weighted by molar-refractivity contribution is 9.10. The normalized spacial score (nSPS) is 18.5. The highest BCUT2D eigenvalue weighted by Gasteiger charge is 2.18. The Kier molecular flexibility index (Phi) is 5.01. The predicted octanol–water partition coefficient (Wildman–Crippen LogP) is 3.02. The van der Waals surface area contributed by atoms with Crippen LogP contribution in [0.15, 0.2) is 28.7 Å². The van der Waals surface area contributed by atoms with E-state index in [1.54, 1.807) is 0 Å². The Bertz CT molecular complexity index is 346. The van der Waals surface area contributed by atoms with Crippen LogP contribution in [0.4, 0.5) is 0 Å². The first-order valence-electron chi connectivity index (χ1n) is 6.48. The lowest BCUT2D eigenvalue weighted by atomic mass is 10.0. The standard InChI is InChI=1S/C14H21BrN2/c1-2-16-13-7-9-17(10-8-13)11-12-5-3-4-6-14(12)15/h3-6,13,16H,2,7-11H2,1H3. The van der Waals surface area contributed by atoms with Crippen molar-refractivity contribution in [1.29, 1.82) is 0 Å². The number of nitrogens with zero attached hydrogens (tertiary/aromatic N) is 1. The lowest BCUT2D eigenvalue weighted by Gasteiger charge is -2.32. The number of hydrogen-bond donors (Lipinski definition) is 1. The van der Waals surface area contributed by atoms with Crippen molar-refractivity contribution < 1.29 is 0 Å². The second-order valence-electron chi connectivity index (χ2n) is 4.70. The molecular formula is C14H21BrN2. The molecule has 0 unspecified atom stereocenters. The summed E-state index contributed by atoms with van der Waals surface area (Å²) >= 11 is 3.62. The Labute approximate surface area is 113 Å². The smallest absolute Gasteiger partial charge is 0.0244 e. The number of hydrogen-bond acceptors (Lipinski definition) is 2. The predicted molar refractivity (Wildman–Crippen MR) is 76.1 cm³/mol. The second-order valence-corrected chi connectivity index (χ2v) is 5.55. The number of likely N-dealkylation sites (tertiary alicyclic amines) is 1. The SMILES string of the molecule is CCNC1CCN(Cc2ccccc2Br)CC1. The van der Waals surface area contributed by atoms with Gasteiger partial charge in [0.05, 0.1) is 0 Å². The fourth-order valence-electron chi connectivity index (χ4n) is 2.45. The molecular weight excluding hydrogens is 276 g/mol. The van der Waals surface area contributed by atoms with Gasteiger partial charge in [-0.1, -0.05) is 41.1 Å². The fourth-order valence-corrected chi connectivity index (χ4v) is 2.86. The van der Waals surface area contributed by atoms with Gasteiger partial charge in [0.1, 0.15) is 0 Å². The molecule has 1 saturated heterocycles. The van der Waals surface area contributed by atoms with Crippen LogP contribution in [0.25, 0.3) is 0 Å². The minimum absolute atomic E-state index is 0.732. The van der Waals surface area contributed by atoms with Crippen LogP contribution in [0.3, 0.4) is 0 Å². The van der Waals surface area contributed by atoms with Crippen molar-refractivity contribution in [2.45, 2.75) is 32.4 Å². The summed E-state index contributed by atoms with van der Waals surface area (Å²) in [7, 11) is 0. The molecule has 1 aliphatic rings. The molecule has 0 radical (unpaired) electrons. The molecule has 1 heterocycles. The van der Waals surface area contributed by atoms with Gasteiger partial charge in [0.2, 0.25) is 0 Å². The van der Waals surface area contributed by atoms with E-state index in [0.29, 0.717) is 0 Å². The van der Waals surface area contributed by atoms with Gasteiger partial charge in [0.25, 0.3) is 0 Å². The van der Waals surface area contributed by atoms with Crippen LogP contribution in [0.5, 0.6) is 0 Å². The summed E-state index contributed by atoms with van der Waals surface area (Å²) in [4.78, 5) is 2.55. The zero-order valence-corrected chi connectivity index (χ0v) is 12.0. The Morgan fingerprint density at radius 3 is 2.65 bits per heavy atom. The zero-order valence-electron chi connectivity index (χ0n) is 10.5. The summed E-state index contributed by atoms with van der Waals surface area (Å²) in [5, 5.41) is 3.54. The quantitative estimate of drug-likeness (QED) is 0.919. The van der Waals surface area contributed by atoms with Crippen molar-refractivity contribution in [1.82, 2.24) is 10.2 Å². The molecule has 0 aromatic heterocycles. The van der Waals surface area contributed by atoms with Gasteiger partial charge in [-0.3, -0.25) is 4.90 Å². The number of piperidine rings is 1. The molecule has 1 N–H and O–H groups in total. The molecule has 2 rings (SSSR count). The summed E-state index contributed by atoms with van der Waals surface area (Å²) < 4.78 is 1.23. The minimum Gasteiger partial charge on any atom is -0.314 e. The average molecular weight is 297 g/mol. The van der Waals surface area contributed by atoms with Crippen LogP contribution >= 0.6 is 15.9 Å². The molecule has 0 aliphatic carbocycles. The van der Waals surface area contributed by atoms with E-state index in [4.69, 9.17) is 0 Å². The monoisotopic (exact) mass is 296 g/mol. The number of halogens is 1. The van der Waals surface area contributed by atoms with Crippen molar-refractivity contribution in [2.24, 2.45) is 0 Å². The topological polar surface area (TPSA) is 15.3 Å². The summed E-state index contributed by atoms with van der Waals surface area (Å²) in [6.07, 6.45) is 2.55. The average Bonchev–Trinajstić information content (AvgIpc) is 2.35. The first-order valence-corrected chi connectivity index (χ1v) is 7.28. The molecule has 17 heavy (non-hydrogen) atoms. The van der Waals surface area contributed by atoms with E-state index in [1.807, 2.05) is 0 Å². The van der Waals surface area contributed by atoms with Gasteiger partial charge in [-0.15, -0.1) is 0 Å². The Morgan fingerprint density at radius 1 is 1.29 bits per heavy atom. The van der Waals surface area contributed by atoms with Crippen LogP contribution in [0.2, 0.25) is 0 Å². The fraction of sp³-hybridized carbons (Fsp3) is 0.571. The van der Waals surface area contributed by atoms with E-state index in [2.05, 4.69) is 57.3 Å². The maximum atomic E-state index is 3.62. The molecule has 1 aromatic carbocycles. The third kappa shape index (κ3) is 3.80. The highest BCUT2D eigenvalue weighted by atomic mass is 79.9. The van der Waals surface area contributed by atoms with Gasteiger partial charge in [-0.25, -0.2) is 0 Å². The maximum Gasteiger partial charge on any atom is 0.0244 e. The lowest BCUT2D eigenvalue weighted by Crippen LogP contribution is -2.42. The number of rotatable bonds is 4. The van der Waals surface area contributed by atoms with Crippen molar-refractivity contribution >= 4 is 15.9 Å². The van der Waals surface area contributed by atoms with E-state index >= 15 is 0 Å². The van der Waals surface area contributed by atoms with E-state index in [-0.39, 0.29) is 0 Å². The van der Waals surface area contributed by atoms with Crippen molar-refractivity contribution in [3.8, 4) is 0 Å². The summed E-state index contributed by atoms with van der Waals surface area (Å²) in [5.74, 6) is 0. The summed E-state index contributed by atoms with van der Waals surface area (Å²) in [6.45, 7) is 6.76. The number of benzene rings is 1. The van der Waals surface area contributed by atoms with Crippen molar-refractivity contribution in [3.05, 3.63) is 34.3 Å². The largest absolute Gasteiger partial charge is 0.314 e. The third-order valence-corrected chi connectivity index (χ3v) is 4.21. The molecule has 0 saturated carbocycles. The van der Waals surface area contributed by atoms with Gasteiger partial charge in [-0.2, -0.15) is 0 Å². The molecule has 94 valence electrons. The summed E-state index contributed by atoms with van der Waals surface area (Å²) in [6, 6.07) is 9.26. The van der Waals surface area contributed by atoms with Gasteiger partial charge in [-0.05, 0) is 44.1 Å². The first kappa shape index (κ1) is 13.1. The van der Waals surface area contributed by atoms with Crippen LogP contribution in [-0.4, -0.2) is 30.6 Å². The molecule has 3 heteroatoms. The van der Waals surface area contributed by atoms with Crippen LogP contribution in [0.1, 0.15) is 25.3 Å². The van der Waals surface area contributed by atoms with Crippen molar-refractivity contribution in [2.75, 3.05) is 19.6 Å². The van der Waals surface area contributed by atoms with Crippen LogP contribution in [0, 0.1) is 0 Å². The maximum absolute atomic E-state index is 3.62. The van der Waals surface area contributed by atoms with Crippen LogP contribution in [-0.2, 0) is 6.54 Å². The molecule has 0 atom stereocenters. The summed E-state index contributed by atoms with van der Waals surface area (Å²) in [5.41, 5.74) is 1.40. The Hall–Kier alpha value is -0.380. The zero-order chi connectivity index (χ0) is 12.1. The minimum atomic E-state index is 0.732. The molecule has 0 spiro atoms. The van der Waals surface area contributed by atoms with E-state index in [0.717, 1.165) is 19.1 Å². The van der Waals surface area contributed by atoms with E-state index < -0.39 is 0 Å². The molecule has 1 fully saturated rings. The number of nitrogens with one attached hydrogen (secondary N) is 1. The van der Waals surface area contributed by atoms with Crippen molar-refractivity contribution in [3.63, 3.8) is 0 Å². The lowest BCUT2D eigenvalue weighted by molar-refractivity contribution is 0.191. The first-order chi connectivity index (χ1) is 8.29. The van der Waals surface area contributed by atoms with Gasteiger partial charge in [0.15, 0.2) is 0 Å². The van der Waals surface area contributed by atoms with Gasteiger partial charge in [0, 0.05) is 17.1 Å².